The third kappa shape index (κ3) is 4.77. The number of aliphatic hydroxyl groups excluding tert-OH is 2. The van der Waals surface area contributed by atoms with Crippen LogP contribution >= 0.6 is 11.6 Å². The zero-order valence-electron chi connectivity index (χ0n) is 20.3. The monoisotopic (exact) mass is 499 g/mol. The molecule has 35 heavy (non-hydrogen) atoms. The van der Waals surface area contributed by atoms with Crippen molar-refractivity contribution >= 4 is 23.3 Å². The second kappa shape index (κ2) is 9.65. The molecule has 2 saturated heterocycles. The number of amides is 1. The molecule has 4 atom stereocenters. The minimum absolute atomic E-state index is 0.00945. The molecule has 188 valence electrons. The summed E-state index contributed by atoms with van der Waals surface area (Å²) >= 11 is 6.14. The number of nitrogens with one attached hydrogen (secondary N) is 1. The number of halogens is 1. The van der Waals surface area contributed by atoms with Gasteiger partial charge in [-0.15, -0.1) is 0 Å². The van der Waals surface area contributed by atoms with Gasteiger partial charge in [-0.25, -0.2) is 9.97 Å². The number of rotatable bonds is 5. The molecule has 3 aliphatic rings. The van der Waals surface area contributed by atoms with Gasteiger partial charge in [0.2, 0.25) is 5.91 Å². The quantitative estimate of drug-likeness (QED) is 0.581. The topological polar surface area (TPSA) is 102 Å². The van der Waals surface area contributed by atoms with E-state index in [2.05, 4.69) is 34.0 Å². The van der Waals surface area contributed by atoms with Gasteiger partial charge in [0.05, 0.1) is 24.3 Å². The van der Waals surface area contributed by atoms with E-state index in [4.69, 9.17) is 11.6 Å². The van der Waals surface area contributed by atoms with Gasteiger partial charge in [-0.3, -0.25) is 4.79 Å². The average Bonchev–Trinajstić information content (AvgIpc) is 3.39. The predicted molar refractivity (Wildman–Crippen MR) is 135 cm³/mol. The number of hydrogen-bond acceptors (Lipinski definition) is 7. The molecule has 0 saturated carbocycles. The molecule has 2 aromatic rings. The van der Waals surface area contributed by atoms with E-state index in [0.29, 0.717) is 43.3 Å². The van der Waals surface area contributed by atoms with Crippen molar-refractivity contribution in [2.75, 3.05) is 37.7 Å². The molecule has 3 heterocycles. The van der Waals surface area contributed by atoms with Crippen LogP contribution < -0.4 is 10.2 Å². The van der Waals surface area contributed by atoms with Gasteiger partial charge in [-0.2, -0.15) is 0 Å². The summed E-state index contributed by atoms with van der Waals surface area (Å²) in [6.45, 7) is 6.78. The third-order valence-electron chi connectivity index (χ3n) is 7.79. The smallest absolute Gasteiger partial charge is 0.231 e. The first-order valence-electron chi connectivity index (χ1n) is 12.5. The highest BCUT2D eigenvalue weighted by Crippen LogP contribution is 2.43. The molecule has 0 spiro atoms. The summed E-state index contributed by atoms with van der Waals surface area (Å²) in [4.78, 5) is 26.8. The Kier molecular flexibility index (Phi) is 6.74. The number of anilines is 1. The molecule has 1 aromatic carbocycles. The number of fused-ring (bicyclic) bond motifs is 1. The number of carbonyl (C=O) groups excluding carboxylic acids is 1. The molecule has 3 N–H and O–H groups in total. The summed E-state index contributed by atoms with van der Waals surface area (Å²) in [7, 11) is 0. The Morgan fingerprint density at radius 2 is 1.91 bits per heavy atom. The van der Waals surface area contributed by atoms with Crippen LogP contribution in [-0.2, 0) is 4.79 Å². The molecule has 2 unspecified atom stereocenters. The number of nitrogens with zero attached hydrogens (tertiary/aromatic N) is 4. The van der Waals surface area contributed by atoms with E-state index in [9.17, 15) is 15.0 Å². The van der Waals surface area contributed by atoms with E-state index in [0.717, 1.165) is 29.8 Å². The molecule has 2 fully saturated rings. The number of hydrogen-bond donors (Lipinski definition) is 3. The van der Waals surface area contributed by atoms with Crippen molar-refractivity contribution in [1.29, 1.82) is 0 Å². The fraction of sp³-hybridized carbons (Fsp3) is 0.577. The lowest BCUT2D eigenvalue weighted by atomic mass is 9.88. The molecule has 1 aromatic heterocycles. The van der Waals surface area contributed by atoms with Crippen LogP contribution in [-0.4, -0.2) is 75.4 Å². The fourth-order valence-electron chi connectivity index (χ4n) is 5.94. The van der Waals surface area contributed by atoms with Crippen molar-refractivity contribution in [3.05, 3.63) is 52.4 Å². The average molecular weight is 500 g/mol. The number of aromatic nitrogens is 2. The van der Waals surface area contributed by atoms with Crippen molar-refractivity contribution in [2.45, 2.75) is 62.6 Å². The Balaban J connectivity index is 1.34. The van der Waals surface area contributed by atoms with E-state index in [1.165, 1.54) is 6.33 Å². The molecular weight excluding hydrogens is 466 g/mol. The number of carbonyl (C=O) groups is 1. The number of benzene rings is 1. The summed E-state index contributed by atoms with van der Waals surface area (Å²) < 4.78 is 0. The fourth-order valence-corrected chi connectivity index (χ4v) is 6.06. The molecule has 8 nitrogen and oxygen atoms in total. The lowest BCUT2D eigenvalue weighted by Gasteiger charge is -2.39. The van der Waals surface area contributed by atoms with Gasteiger partial charge < -0.3 is 25.3 Å². The second-order valence-corrected chi connectivity index (χ2v) is 11.1. The van der Waals surface area contributed by atoms with Gasteiger partial charge in [0.15, 0.2) is 0 Å². The Hall–Kier alpha value is -2.26. The molecule has 5 rings (SSSR count). The standard InChI is InChI=1S/C26H34ClN5O3/c1-26(2)8-7-19(30-26)21(16-3-5-18(27)6-4-16)25(35)32-11-9-31(10-12-32)24-22-17(14-33)13-20(34)23(22)28-15-29-24/h3-6,15,17,19-21,30,33-34H,7-14H2,1-2H3/t17-,19?,20+,21?/m0/s1. The first-order chi connectivity index (χ1) is 16.8. The van der Waals surface area contributed by atoms with Crippen LogP contribution in [0.4, 0.5) is 5.82 Å². The van der Waals surface area contributed by atoms with Gasteiger partial charge in [0, 0.05) is 54.3 Å². The zero-order chi connectivity index (χ0) is 24.7. The normalized spacial score (nSPS) is 26.6. The first-order valence-corrected chi connectivity index (χ1v) is 12.9. The summed E-state index contributed by atoms with van der Waals surface area (Å²) in [6, 6.07) is 7.74. The molecule has 1 aliphatic carbocycles. The predicted octanol–water partition coefficient (Wildman–Crippen LogP) is 2.61. The maximum absolute atomic E-state index is 13.9. The zero-order valence-corrected chi connectivity index (χ0v) is 21.1. The molecule has 9 heteroatoms. The summed E-state index contributed by atoms with van der Waals surface area (Å²) in [6.07, 6.45) is 3.25. The second-order valence-electron chi connectivity index (χ2n) is 10.6. The van der Waals surface area contributed by atoms with Crippen LogP contribution in [0.5, 0.6) is 0 Å². The molecule has 1 amide bonds. The molecular formula is C26H34ClN5O3. The van der Waals surface area contributed by atoms with Gasteiger partial charge in [-0.05, 0) is 50.8 Å². The molecule has 0 radical (unpaired) electrons. The minimum atomic E-state index is -0.671. The van der Waals surface area contributed by atoms with Crippen LogP contribution in [0.3, 0.4) is 0 Å². The van der Waals surface area contributed by atoms with Gasteiger partial charge in [-0.1, -0.05) is 23.7 Å². The van der Waals surface area contributed by atoms with E-state index >= 15 is 0 Å². The SMILES string of the molecule is CC1(C)CCC(C(C(=O)N2CCN(c3ncnc4c3[C@H](CO)C[C@H]4O)CC2)c2ccc(Cl)cc2)N1. The van der Waals surface area contributed by atoms with E-state index < -0.39 is 6.10 Å². The van der Waals surface area contributed by atoms with Crippen LogP contribution in [0.1, 0.15) is 67.9 Å². The maximum Gasteiger partial charge on any atom is 0.231 e. The summed E-state index contributed by atoms with van der Waals surface area (Å²) in [5.41, 5.74) is 2.46. The van der Waals surface area contributed by atoms with Crippen LogP contribution in [0.15, 0.2) is 30.6 Å². The van der Waals surface area contributed by atoms with Crippen LogP contribution in [0.2, 0.25) is 5.02 Å². The highest BCUT2D eigenvalue weighted by atomic mass is 35.5. The Bertz CT molecular complexity index is 1070. The Morgan fingerprint density at radius 1 is 1.20 bits per heavy atom. The van der Waals surface area contributed by atoms with Crippen molar-refractivity contribution in [2.24, 2.45) is 0 Å². The van der Waals surface area contributed by atoms with Crippen molar-refractivity contribution in [1.82, 2.24) is 20.2 Å². The highest BCUT2D eigenvalue weighted by molar-refractivity contribution is 6.30. The largest absolute Gasteiger partial charge is 0.396 e. The highest BCUT2D eigenvalue weighted by Gasteiger charge is 2.41. The number of piperazine rings is 1. The molecule has 0 bridgehead atoms. The van der Waals surface area contributed by atoms with E-state index in [1.54, 1.807) is 0 Å². The van der Waals surface area contributed by atoms with Crippen LogP contribution in [0, 0.1) is 0 Å². The Labute approximate surface area is 211 Å². The Morgan fingerprint density at radius 3 is 2.54 bits per heavy atom. The maximum atomic E-state index is 13.9. The third-order valence-corrected chi connectivity index (χ3v) is 8.04. The van der Waals surface area contributed by atoms with Gasteiger partial charge >= 0.3 is 0 Å². The molecule has 2 aliphatic heterocycles. The van der Waals surface area contributed by atoms with Crippen molar-refractivity contribution in [3.8, 4) is 0 Å². The first kappa shape index (κ1) is 24.4. The van der Waals surface area contributed by atoms with Crippen molar-refractivity contribution in [3.63, 3.8) is 0 Å². The van der Waals surface area contributed by atoms with Gasteiger partial charge in [0.25, 0.3) is 0 Å². The lowest BCUT2D eigenvalue weighted by molar-refractivity contribution is -0.133. The summed E-state index contributed by atoms with van der Waals surface area (Å²) in [5, 5.41) is 24.6. The number of aliphatic hydroxyl groups is 2. The summed E-state index contributed by atoms with van der Waals surface area (Å²) in [5.74, 6) is 0.477. The minimum Gasteiger partial charge on any atom is -0.396 e. The van der Waals surface area contributed by atoms with E-state index in [1.807, 2.05) is 29.2 Å². The lowest BCUT2D eigenvalue weighted by Crippen LogP contribution is -2.53. The van der Waals surface area contributed by atoms with E-state index in [-0.39, 0.29) is 35.9 Å². The van der Waals surface area contributed by atoms with Crippen molar-refractivity contribution < 1.29 is 15.0 Å². The van der Waals surface area contributed by atoms with Gasteiger partial charge in [0.1, 0.15) is 12.1 Å². The van der Waals surface area contributed by atoms with Crippen LogP contribution in [0.25, 0.3) is 0 Å².